The van der Waals surface area contributed by atoms with Crippen LogP contribution in [0, 0.1) is 6.92 Å². The number of nitrogens with two attached hydrogens (primary N) is 1. The third-order valence-electron chi connectivity index (χ3n) is 5.93. The van der Waals surface area contributed by atoms with Gasteiger partial charge in [0.05, 0.1) is 0 Å². The van der Waals surface area contributed by atoms with E-state index in [0.29, 0.717) is 23.3 Å². The zero-order valence-electron chi connectivity index (χ0n) is 16.1. The fourth-order valence-electron chi connectivity index (χ4n) is 4.59. The van der Waals surface area contributed by atoms with Gasteiger partial charge in [-0.1, -0.05) is 36.4 Å². The van der Waals surface area contributed by atoms with Crippen LogP contribution in [0.15, 0.2) is 48.5 Å². The molecule has 2 bridgehead atoms. The van der Waals surface area contributed by atoms with Crippen LogP contribution in [-0.2, 0) is 6.54 Å². The number of nitrogen functional groups attached to an aromatic ring is 1. The van der Waals surface area contributed by atoms with Gasteiger partial charge in [-0.25, -0.2) is 0 Å². The van der Waals surface area contributed by atoms with Crippen molar-refractivity contribution in [1.82, 2.24) is 10.2 Å². The molecule has 2 aliphatic rings. The molecule has 2 aliphatic heterocycles. The van der Waals surface area contributed by atoms with E-state index < -0.39 is 0 Å². The van der Waals surface area contributed by atoms with Gasteiger partial charge in [-0.3, -0.25) is 9.69 Å². The molecular weight excluding hydrogens is 393 g/mol. The summed E-state index contributed by atoms with van der Waals surface area (Å²) in [5.41, 5.74) is 9.54. The number of carbonyl (C=O) groups excluding carboxylic acids is 1. The molecule has 0 spiro atoms. The van der Waals surface area contributed by atoms with E-state index in [0.717, 1.165) is 24.9 Å². The summed E-state index contributed by atoms with van der Waals surface area (Å²) in [5, 5.41) is 3.27. The van der Waals surface area contributed by atoms with Crippen LogP contribution in [0.5, 0.6) is 0 Å². The van der Waals surface area contributed by atoms with Crippen LogP contribution in [0.25, 0.3) is 0 Å². The maximum absolute atomic E-state index is 12.7. The highest BCUT2D eigenvalue weighted by Gasteiger charge is 2.40. The third kappa shape index (κ3) is 4.80. The van der Waals surface area contributed by atoms with Crippen LogP contribution >= 0.6 is 24.8 Å². The molecule has 2 unspecified atom stereocenters. The van der Waals surface area contributed by atoms with Crippen molar-refractivity contribution in [2.45, 2.75) is 57.3 Å². The van der Waals surface area contributed by atoms with Gasteiger partial charge < -0.3 is 11.1 Å². The van der Waals surface area contributed by atoms with Crippen molar-refractivity contribution < 1.29 is 4.79 Å². The Kier molecular flexibility index (Phi) is 7.76. The fourth-order valence-corrected chi connectivity index (χ4v) is 4.59. The number of amides is 1. The minimum atomic E-state index is 0. The fraction of sp³-hybridized carbons (Fsp3) is 0.409. The summed E-state index contributed by atoms with van der Waals surface area (Å²) in [6.45, 7) is 2.98. The Morgan fingerprint density at radius 3 is 2.36 bits per heavy atom. The molecule has 2 fully saturated rings. The standard InChI is InChI=1S/C22H27N3O.2ClH/c1-15-7-8-17(23)11-21(15)22(26)24-18-12-19-9-10-20(13-18)25(19)14-16-5-3-2-4-6-16;;/h2-8,11,18-20H,9-10,12-14,23H2,1H3,(H,24,26);2*1H. The average Bonchev–Trinajstić information content (AvgIpc) is 2.87. The zero-order chi connectivity index (χ0) is 18.1. The van der Waals surface area contributed by atoms with Gasteiger partial charge in [-0.05, 0) is 55.9 Å². The molecule has 3 N–H and O–H groups in total. The molecule has 6 heteroatoms. The Hall–Kier alpha value is -1.75. The number of rotatable bonds is 4. The van der Waals surface area contributed by atoms with Gasteiger partial charge >= 0.3 is 0 Å². The summed E-state index contributed by atoms with van der Waals surface area (Å²) in [7, 11) is 0. The zero-order valence-corrected chi connectivity index (χ0v) is 17.8. The summed E-state index contributed by atoms with van der Waals surface area (Å²) >= 11 is 0. The highest BCUT2D eigenvalue weighted by atomic mass is 35.5. The molecule has 0 radical (unpaired) electrons. The number of halogens is 2. The predicted octanol–water partition coefficient (Wildman–Crippen LogP) is 4.35. The molecular formula is C22H29Cl2N3O. The lowest BCUT2D eigenvalue weighted by molar-refractivity contribution is 0.0827. The lowest BCUT2D eigenvalue weighted by Crippen LogP contribution is -2.50. The summed E-state index contributed by atoms with van der Waals surface area (Å²) in [4.78, 5) is 15.4. The number of nitrogens with zero attached hydrogens (tertiary/aromatic N) is 1. The van der Waals surface area contributed by atoms with E-state index >= 15 is 0 Å². The van der Waals surface area contributed by atoms with Crippen LogP contribution in [0.1, 0.15) is 47.2 Å². The van der Waals surface area contributed by atoms with Gasteiger partial charge in [0.15, 0.2) is 0 Å². The smallest absolute Gasteiger partial charge is 0.251 e. The van der Waals surface area contributed by atoms with Crippen LogP contribution in [0.2, 0.25) is 0 Å². The largest absolute Gasteiger partial charge is 0.399 e. The number of hydrogen-bond donors (Lipinski definition) is 2. The maximum atomic E-state index is 12.7. The Morgan fingerprint density at radius 2 is 1.71 bits per heavy atom. The lowest BCUT2D eigenvalue weighted by atomic mass is 9.96. The summed E-state index contributed by atoms with van der Waals surface area (Å²) in [6, 6.07) is 17.6. The van der Waals surface area contributed by atoms with Gasteiger partial charge in [-0.2, -0.15) is 0 Å². The van der Waals surface area contributed by atoms with E-state index in [-0.39, 0.29) is 36.8 Å². The van der Waals surface area contributed by atoms with Crippen LogP contribution < -0.4 is 11.1 Å². The summed E-state index contributed by atoms with van der Waals surface area (Å²) in [6.07, 6.45) is 4.55. The van der Waals surface area contributed by atoms with E-state index in [2.05, 4.69) is 40.5 Å². The lowest BCUT2D eigenvalue weighted by Gasteiger charge is -2.39. The average molecular weight is 422 g/mol. The first-order valence-electron chi connectivity index (χ1n) is 9.57. The second kappa shape index (κ2) is 9.64. The van der Waals surface area contributed by atoms with Crippen LogP contribution in [-0.4, -0.2) is 28.9 Å². The van der Waals surface area contributed by atoms with Gasteiger partial charge in [0.25, 0.3) is 5.91 Å². The minimum absolute atomic E-state index is 0. The molecule has 28 heavy (non-hydrogen) atoms. The predicted molar refractivity (Wildman–Crippen MR) is 119 cm³/mol. The number of fused-ring (bicyclic) bond motifs is 2. The van der Waals surface area contributed by atoms with Gasteiger partial charge in [-0.15, -0.1) is 24.8 Å². The van der Waals surface area contributed by atoms with Crippen molar-refractivity contribution in [1.29, 1.82) is 0 Å². The number of hydrogen-bond acceptors (Lipinski definition) is 3. The van der Waals surface area contributed by atoms with E-state index in [9.17, 15) is 4.79 Å². The molecule has 4 nitrogen and oxygen atoms in total. The first-order chi connectivity index (χ1) is 12.6. The molecule has 2 atom stereocenters. The van der Waals surface area contributed by atoms with Crippen molar-refractivity contribution in [3.63, 3.8) is 0 Å². The number of nitrogens with one attached hydrogen (secondary N) is 1. The normalized spacial score (nSPS) is 23.4. The van der Waals surface area contributed by atoms with Crippen molar-refractivity contribution in [3.05, 3.63) is 65.2 Å². The monoisotopic (exact) mass is 421 g/mol. The maximum Gasteiger partial charge on any atom is 0.251 e. The minimum Gasteiger partial charge on any atom is -0.399 e. The molecule has 0 aliphatic carbocycles. The molecule has 2 saturated heterocycles. The molecule has 2 aromatic rings. The first-order valence-corrected chi connectivity index (χ1v) is 9.57. The Balaban J connectivity index is 0.00000140. The quantitative estimate of drug-likeness (QED) is 0.721. The molecule has 0 saturated carbocycles. The topological polar surface area (TPSA) is 58.4 Å². The molecule has 152 valence electrons. The molecule has 2 aromatic carbocycles. The van der Waals surface area contributed by atoms with Crippen molar-refractivity contribution in [2.75, 3.05) is 5.73 Å². The number of benzene rings is 2. The number of anilines is 1. The number of carbonyl (C=O) groups is 1. The first kappa shape index (κ1) is 22.5. The second-order valence-electron chi connectivity index (χ2n) is 7.76. The van der Waals surface area contributed by atoms with Crippen LogP contribution in [0.4, 0.5) is 5.69 Å². The molecule has 0 aromatic heterocycles. The number of aryl methyl sites for hydroxylation is 1. The van der Waals surface area contributed by atoms with Crippen molar-refractivity contribution in [2.24, 2.45) is 0 Å². The van der Waals surface area contributed by atoms with Crippen LogP contribution in [0.3, 0.4) is 0 Å². The number of piperidine rings is 1. The van der Waals surface area contributed by atoms with E-state index in [1.165, 1.54) is 18.4 Å². The van der Waals surface area contributed by atoms with E-state index in [1.54, 1.807) is 6.07 Å². The SMILES string of the molecule is Cc1ccc(N)cc1C(=O)NC1CC2CCC(C1)N2Cc1ccccc1.Cl.Cl. The van der Waals surface area contributed by atoms with Crippen molar-refractivity contribution in [3.8, 4) is 0 Å². The second-order valence-corrected chi connectivity index (χ2v) is 7.76. The van der Waals surface area contributed by atoms with Crippen molar-refractivity contribution >= 4 is 36.4 Å². The van der Waals surface area contributed by atoms with E-state index in [4.69, 9.17) is 5.73 Å². The molecule has 4 rings (SSSR count). The Bertz CT molecular complexity index is 786. The molecule has 1 amide bonds. The summed E-state index contributed by atoms with van der Waals surface area (Å²) < 4.78 is 0. The summed E-state index contributed by atoms with van der Waals surface area (Å²) in [5.74, 6) is 0.00992. The Labute approximate surface area is 179 Å². The van der Waals surface area contributed by atoms with Gasteiger partial charge in [0, 0.05) is 35.9 Å². The van der Waals surface area contributed by atoms with E-state index in [1.807, 2.05) is 19.1 Å². The third-order valence-corrected chi connectivity index (χ3v) is 5.93. The highest BCUT2D eigenvalue weighted by molar-refractivity contribution is 5.96. The Morgan fingerprint density at radius 1 is 1.07 bits per heavy atom. The molecule has 2 heterocycles. The van der Waals surface area contributed by atoms with Gasteiger partial charge in [0.1, 0.15) is 0 Å². The van der Waals surface area contributed by atoms with Gasteiger partial charge in [0.2, 0.25) is 0 Å². The highest BCUT2D eigenvalue weighted by Crippen LogP contribution is 2.37.